The Bertz CT molecular complexity index is 583. The number of fused-ring (bicyclic) bond motifs is 1. The SMILES string of the molecule is CO[C@]12CC[C@H](OCC(=O)O)C[C@H]1N(Cc1nc(C)c(C)[nH]1)CC2. The topological polar surface area (TPSA) is 87.7 Å². The second-order valence-electron chi connectivity index (χ2n) is 7.00. The summed E-state index contributed by atoms with van der Waals surface area (Å²) in [6.07, 6.45) is 3.54. The van der Waals surface area contributed by atoms with E-state index in [0.717, 1.165) is 56.0 Å². The number of carboxylic acids is 1. The van der Waals surface area contributed by atoms with Crippen LogP contribution in [0.1, 0.15) is 42.9 Å². The van der Waals surface area contributed by atoms with Crippen LogP contribution in [0.5, 0.6) is 0 Å². The third-order valence-corrected chi connectivity index (χ3v) is 5.62. The highest BCUT2D eigenvalue weighted by Gasteiger charge is 2.51. The number of aromatic nitrogens is 2. The maximum absolute atomic E-state index is 10.8. The zero-order valence-corrected chi connectivity index (χ0v) is 14.7. The predicted octanol–water partition coefficient (Wildman–Crippen LogP) is 1.64. The molecule has 1 aromatic heterocycles. The Kier molecular flexibility index (Phi) is 4.94. The van der Waals surface area contributed by atoms with Gasteiger partial charge in [0.25, 0.3) is 0 Å². The number of nitrogens with one attached hydrogen (secondary N) is 1. The van der Waals surface area contributed by atoms with Crippen LogP contribution in [-0.2, 0) is 20.8 Å². The number of methoxy groups -OCH3 is 1. The third-order valence-electron chi connectivity index (χ3n) is 5.62. The lowest BCUT2D eigenvalue weighted by molar-refractivity contribution is -0.148. The number of hydrogen-bond acceptors (Lipinski definition) is 5. The Morgan fingerprint density at radius 2 is 2.25 bits per heavy atom. The van der Waals surface area contributed by atoms with Crippen LogP contribution in [-0.4, -0.2) is 64.0 Å². The third kappa shape index (κ3) is 3.34. The molecule has 7 nitrogen and oxygen atoms in total. The van der Waals surface area contributed by atoms with Crippen molar-refractivity contribution >= 4 is 5.97 Å². The van der Waals surface area contributed by atoms with Crippen molar-refractivity contribution in [3.63, 3.8) is 0 Å². The molecule has 2 fully saturated rings. The van der Waals surface area contributed by atoms with Gasteiger partial charge >= 0.3 is 5.97 Å². The van der Waals surface area contributed by atoms with Crippen molar-refractivity contribution in [2.45, 2.75) is 63.8 Å². The van der Waals surface area contributed by atoms with Gasteiger partial charge in [0.05, 0.1) is 23.9 Å². The van der Waals surface area contributed by atoms with Gasteiger partial charge in [0.15, 0.2) is 0 Å². The number of aromatic amines is 1. The fraction of sp³-hybridized carbons (Fsp3) is 0.765. The summed E-state index contributed by atoms with van der Waals surface area (Å²) in [6.45, 7) is 5.54. The first kappa shape index (κ1) is 17.4. The van der Waals surface area contributed by atoms with Crippen LogP contribution < -0.4 is 0 Å². The van der Waals surface area contributed by atoms with Gasteiger partial charge in [-0.2, -0.15) is 0 Å². The van der Waals surface area contributed by atoms with Crippen molar-refractivity contribution in [1.82, 2.24) is 14.9 Å². The maximum Gasteiger partial charge on any atom is 0.329 e. The Labute approximate surface area is 142 Å². The quantitative estimate of drug-likeness (QED) is 0.820. The molecule has 134 valence electrons. The molecule has 1 aliphatic heterocycles. The molecule has 2 N–H and O–H groups in total. The van der Waals surface area contributed by atoms with Crippen molar-refractivity contribution < 1.29 is 19.4 Å². The van der Waals surface area contributed by atoms with Crippen LogP contribution in [0.15, 0.2) is 0 Å². The molecule has 1 saturated heterocycles. The Morgan fingerprint density at radius 3 is 2.88 bits per heavy atom. The smallest absolute Gasteiger partial charge is 0.329 e. The van der Waals surface area contributed by atoms with Gasteiger partial charge < -0.3 is 19.6 Å². The van der Waals surface area contributed by atoms with E-state index < -0.39 is 5.97 Å². The van der Waals surface area contributed by atoms with Crippen molar-refractivity contribution in [3.05, 3.63) is 17.2 Å². The van der Waals surface area contributed by atoms with Gasteiger partial charge in [-0.1, -0.05) is 0 Å². The number of hydrogen-bond donors (Lipinski definition) is 2. The van der Waals surface area contributed by atoms with E-state index in [4.69, 9.17) is 14.6 Å². The van der Waals surface area contributed by atoms with Crippen molar-refractivity contribution in [2.75, 3.05) is 20.3 Å². The molecule has 0 spiro atoms. The molecule has 0 radical (unpaired) electrons. The largest absolute Gasteiger partial charge is 0.480 e. The molecule has 1 saturated carbocycles. The molecule has 7 heteroatoms. The minimum Gasteiger partial charge on any atom is -0.480 e. The van der Waals surface area contributed by atoms with Crippen LogP contribution in [0, 0.1) is 13.8 Å². The first-order chi connectivity index (χ1) is 11.4. The second-order valence-corrected chi connectivity index (χ2v) is 7.00. The summed E-state index contributed by atoms with van der Waals surface area (Å²) in [5.74, 6) is 0.0638. The molecule has 2 aliphatic rings. The van der Waals surface area contributed by atoms with Gasteiger partial charge in [0.2, 0.25) is 0 Å². The molecule has 24 heavy (non-hydrogen) atoms. The summed E-state index contributed by atoms with van der Waals surface area (Å²) in [4.78, 5) is 21.1. The van der Waals surface area contributed by atoms with Crippen LogP contribution in [0.2, 0.25) is 0 Å². The lowest BCUT2D eigenvalue weighted by Gasteiger charge is -2.43. The summed E-state index contributed by atoms with van der Waals surface area (Å²) in [5, 5.41) is 8.83. The van der Waals surface area contributed by atoms with E-state index in [0.29, 0.717) is 0 Å². The molecule has 1 aromatic rings. The number of likely N-dealkylation sites (tertiary alicyclic amines) is 1. The first-order valence-electron chi connectivity index (χ1n) is 8.58. The van der Waals surface area contributed by atoms with Gasteiger partial charge in [0, 0.05) is 25.4 Å². The zero-order chi connectivity index (χ0) is 17.3. The predicted molar refractivity (Wildman–Crippen MR) is 87.8 cm³/mol. The van der Waals surface area contributed by atoms with E-state index in [2.05, 4.69) is 14.9 Å². The van der Waals surface area contributed by atoms with E-state index in [9.17, 15) is 4.79 Å². The van der Waals surface area contributed by atoms with E-state index in [1.54, 1.807) is 7.11 Å². The van der Waals surface area contributed by atoms with Gasteiger partial charge in [-0.3, -0.25) is 4.90 Å². The van der Waals surface area contributed by atoms with Gasteiger partial charge in [-0.15, -0.1) is 0 Å². The van der Waals surface area contributed by atoms with Crippen LogP contribution >= 0.6 is 0 Å². The fourth-order valence-electron chi connectivity index (χ4n) is 4.17. The number of H-pyrrole nitrogens is 1. The number of ether oxygens (including phenoxy) is 2. The molecule has 1 aliphatic carbocycles. The maximum atomic E-state index is 10.8. The Morgan fingerprint density at radius 1 is 1.46 bits per heavy atom. The summed E-state index contributed by atoms with van der Waals surface area (Å²) in [7, 11) is 1.79. The molecular formula is C17H27N3O4. The van der Waals surface area contributed by atoms with E-state index >= 15 is 0 Å². The monoisotopic (exact) mass is 337 g/mol. The lowest BCUT2D eigenvalue weighted by atomic mass is 9.79. The van der Waals surface area contributed by atoms with Crippen LogP contribution in [0.25, 0.3) is 0 Å². The molecule has 0 amide bonds. The number of nitrogens with zero attached hydrogens (tertiary/aromatic N) is 2. The Hall–Kier alpha value is -1.44. The molecular weight excluding hydrogens is 310 g/mol. The van der Waals surface area contributed by atoms with Gasteiger partial charge in [-0.25, -0.2) is 9.78 Å². The number of carboxylic acid groups (broad SMARTS) is 1. The molecule has 2 heterocycles. The molecule has 0 bridgehead atoms. The average Bonchev–Trinajstić information content (AvgIpc) is 3.06. The van der Waals surface area contributed by atoms with Gasteiger partial charge in [-0.05, 0) is 39.5 Å². The standard InChI is InChI=1S/C17H27N3O4/c1-11-12(2)19-15(18-11)9-20-7-6-17(23-3)5-4-13(8-14(17)20)24-10-16(21)22/h13-14H,4-10H2,1-3H3,(H,18,19)(H,21,22)/t13-,14+,17-/m0/s1. The highest BCUT2D eigenvalue weighted by molar-refractivity contribution is 5.68. The summed E-state index contributed by atoms with van der Waals surface area (Å²) < 4.78 is 11.5. The zero-order valence-electron chi connectivity index (χ0n) is 14.7. The minimum absolute atomic E-state index is 0.0185. The minimum atomic E-state index is -0.914. The number of aliphatic carboxylic acids is 1. The number of imidazole rings is 1. The Balaban J connectivity index is 1.70. The summed E-state index contributed by atoms with van der Waals surface area (Å²) in [6, 6.07) is 0.237. The number of carbonyl (C=O) groups is 1. The molecule has 3 rings (SSSR count). The van der Waals surface area contributed by atoms with E-state index in [-0.39, 0.29) is 24.4 Å². The van der Waals surface area contributed by atoms with Crippen molar-refractivity contribution in [1.29, 1.82) is 0 Å². The van der Waals surface area contributed by atoms with Crippen molar-refractivity contribution in [2.24, 2.45) is 0 Å². The second kappa shape index (κ2) is 6.82. The highest BCUT2D eigenvalue weighted by Crippen LogP contribution is 2.43. The van der Waals surface area contributed by atoms with Crippen LogP contribution in [0.4, 0.5) is 0 Å². The normalized spacial score (nSPS) is 30.5. The highest BCUT2D eigenvalue weighted by atomic mass is 16.5. The number of rotatable bonds is 6. The molecule has 0 aromatic carbocycles. The first-order valence-corrected chi connectivity index (χ1v) is 8.58. The summed E-state index contributed by atoms with van der Waals surface area (Å²) in [5.41, 5.74) is 2.00. The molecule has 0 unspecified atom stereocenters. The average molecular weight is 337 g/mol. The molecule has 3 atom stereocenters. The van der Waals surface area contributed by atoms with E-state index in [1.807, 2.05) is 13.8 Å². The number of aryl methyl sites for hydroxylation is 2. The van der Waals surface area contributed by atoms with E-state index in [1.165, 1.54) is 0 Å². The van der Waals surface area contributed by atoms with Gasteiger partial charge in [0.1, 0.15) is 12.4 Å². The fourth-order valence-corrected chi connectivity index (χ4v) is 4.17. The van der Waals surface area contributed by atoms with Crippen molar-refractivity contribution in [3.8, 4) is 0 Å². The van der Waals surface area contributed by atoms with Crippen LogP contribution in [0.3, 0.4) is 0 Å². The lowest BCUT2D eigenvalue weighted by Crippen LogP contribution is -2.51. The summed E-state index contributed by atoms with van der Waals surface area (Å²) >= 11 is 0.